The summed E-state index contributed by atoms with van der Waals surface area (Å²) in [5.74, 6) is -2.58. The minimum Gasteiger partial charge on any atom is -0.252 e. The van der Waals surface area contributed by atoms with Gasteiger partial charge in [0.15, 0.2) is 0 Å². The lowest BCUT2D eigenvalue weighted by Gasteiger charge is -2.17. The molecule has 0 rings (SSSR count). The van der Waals surface area contributed by atoms with Crippen LogP contribution in [0.2, 0.25) is 0 Å². The Morgan fingerprint density at radius 1 is 1.58 bits per heavy atom. The highest BCUT2D eigenvalue weighted by molar-refractivity contribution is 7.83. The average Bonchev–Trinajstić information content (AvgIpc) is 1.83. The van der Waals surface area contributed by atoms with E-state index in [1.54, 1.807) is 0 Å². The third-order valence-corrected chi connectivity index (χ3v) is 2.43. The first-order chi connectivity index (χ1) is 5.58. The summed E-state index contributed by atoms with van der Waals surface area (Å²) in [5.41, 5.74) is 0. The molecule has 0 spiro atoms. The van der Waals surface area contributed by atoms with Crippen LogP contribution in [-0.4, -0.2) is 15.6 Å². The van der Waals surface area contributed by atoms with Gasteiger partial charge < -0.3 is 0 Å². The van der Waals surface area contributed by atoms with Crippen molar-refractivity contribution in [2.24, 2.45) is 11.0 Å². The number of alkyl halides is 3. The summed E-state index contributed by atoms with van der Waals surface area (Å²) >= 11 is 0. The van der Waals surface area contributed by atoms with E-state index < -0.39 is 34.7 Å². The first-order valence-corrected chi connectivity index (χ1v) is 4.57. The minimum atomic E-state index is -4.61. The molecule has 0 aromatic carbocycles. The van der Waals surface area contributed by atoms with Crippen molar-refractivity contribution in [1.29, 1.82) is 0 Å². The number of halogens is 3. The zero-order valence-corrected chi connectivity index (χ0v) is 7.63. The van der Waals surface area contributed by atoms with Gasteiger partial charge in [0.05, 0.1) is 16.9 Å². The summed E-state index contributed by atoms with van der Waals surface area (Å²) in [6.07, 6.45) is -5.17. The molecule has 0 radical (unpaired) electrons. The number of hydrogen-bond donors (Lipinski definition) is 1. The summed E-state index contributed by atoms with van der Waals surface area (Å²) < 4.78 is 54.0. The molecule has 0 aromatic rings. The highest BCUT2D eigenvalue weighted by atomic mass is 32.2. The molecule has 74 valence electrons. The molecule has 2 N–H and O–H groups in total. The molecule has 3 atom stereocenters. The molecule has 0 amide bonds. The molecule has 0 heterocycles. The van der Waals surface area contributed by atoms with Crippen LogP contribution in [0, 0.1) is 5.89 Å². The Bertz CT molecular complexity index is 207. The van der Waals surface area contributed by atoms with Gasteiger partial charge in [-0.15, -0.1) is 0 Å². The molecule has 0 bridgehead atoms. The second-order valence-corrected chi connectivity index (χ2v) is 4.08. The van der Waals surface area contributed by atoms with E-state index in [1.165, 1.54) is 6.92 Å². The minimum absolute atomic E-state index is 0.556. The van der Waals surface area contributed by atoms with E-state index in [4.69, 9.17) is 6.51 Å². The van der Waals surface area contributed by atoms with Crippen LogP contribution in [0.3, 0.4) is 0 Å². The molecule has 6 heteroatoms. The maximum atomic E-state index is 12.1. The highest BCUT2D eigenvalue weighted by Gasteiger charge is 2.37. The third-order valence-electron chi connectivity index (χ3n) is 1.47. The largest absolute Gasteiger partial charge is 0.391 e. The van der Waals surface area contributed by atoms with E-state index in [0.29, 0.717) is 0 Å². The standard InChI is InChI=1S/C6H12F3NOS/c1-4(6(7,8)9)3-5(2)12(10)11/h4-5H,3,10H2,1-2H3/t4-,5?,12?/m1/s1/i4D. The molecule has 0 saturated heterocycles. The summed E-state index contributed by atoms with van der Waals surface area (Å²) in [7, 11) is -1.81. The molecule has 2 nitrogen and oxygen atoms in total. The Kier molecular flexibility index (Phi) is 3.52. The van der Waals surface area contributed by atoms with E-state index in [2.05, 4.69) is 0 Å². The SMILES string of the molecule is [2H][C@@](C)(CC(C)S(N)=O)C(F)(F)F. The number of nitrogens with two attached hydrogens (primary N) is 1. The molecule has 12 heavy (non-hydrogen) atoms. The van der Waals surface area contributed by atoms with Gasteiger partial charge in [-0.3, -0.25) is 5.14 Å². The van der Waals surface area contributed by atoms with Gasteiger partial charge in [0.2, 0.25) is 0 Å². The highest BCUT2D eigenvalue weighted by Crippen LogP contribution is 2.29. The Hall–Kier alpha value is -0.100. The van der Waals surface area contributed by atoms with Gasteiger partial charge >= 0.3 is 6.18 Å². The predicted molar refractivity (Wildman–Crippen MR) is 41.6 cm³/mol. The smallest absolute Gasteiger partial charge is 0.252 e. The van der Waals surface area contributed by atoms with Crippen LogP contribution in [0.5, 0.6) is 0 Å². The van der Waals surface area contributed by atoms with E-state index in [1.807, 2.05) is 0 Å². The number of rotatable bonds is 3. The first-order valence-electron chi connectivity index (χ1n) is 3.79. The first kappa shape index (κ1) is 9.98. The predicted octanol–water partition coefficient (Wildman–Crippen LogP) is 1.59. The molecular formula is C6H12F3NOS. The summed E-state index contributed by atoms with van der Waals surface area (Å²) in [6, 6.07) is 0. The Morgan fingerprint density at radius 3 is 2.25 bits per heavy atom. The summed E-state index contributed by atoms with van der Waals surface area (Å²) in [5, 5.41) is 4.08. The van der Waals surface area contributed by atoms with Crippen molar-refractivity contribution in [2.45, 2.75) is 31.7 Å². The molecule has 0 aliphatic heterocycles. The third kappa shape index (κ3) is 4.06. The van der Waals surface area contributed by atoms with Crippen LogP contribution >= 0.6 is 0 Å². The molecule has 0 saturated carbocycles. The van der Waals surface area contributed by atoms with E-state index in [-0.39, 0.29) is 0 Å². The molecule has 0 fully saturated rings. The fraction of sp³-hybridized carbons (Fsp3) is 1.00. The fourth-order valence-electron chi connectivity index (χ4n) is 0.629. The van der Waals surface area contributed by atoms with Crippen LogP contribution in [0.1, 0.15) is 21.6 Å². The molecule has 2 unspecified atom stereocenters. The van der Waals surface area contributed by atoms with Gasteiger partial charge in [0.25, 0.3) is 0 Å². The molecular weight excluding hydrogens is 191 g/mol. The van der Waals surface area contributed by atoms with Crippen molar-refractivity contribution in [3.8, 4) is 0 Å². The van der Waals surface area contributed by atoms with Gasteiger partial charge in [0.1, 0.15) is 0 Å². The van der Waals surface area contributed by atoms with Crippen LogP contribution in [0.25, 0.3) is 0 Å². The van der Waals surface area contributed by atoms with Crippen molar-refractivity contribution in [3.63, 3.8) is 0 Å². The van der Waals surface area contributed by atoms with Gasteiger partial charge in [-0.2, -0.15) is 13.2 Å². The van der Waals surface area contributed by atoms with Crippen LogP contribution in [0.15, 0.2) is 0 Å². The van der Waals surface area contributed by atoms with Gasteiger partial charge in [0, 0.05) is 6.62 Å². The normalized spacial score (nSPS) is 24.0. The van der Waals surface area contributed by atoms with E-state index >= 15 is 0 Å². The lowest BCUT2D eigenvalue weighted by Crippen LogP contribution is -2.27. The van der Waals surface area contributed by atoms with Crippen LogP contribution in [0.4, 0.5) is 13.2 Å². The Balaban J connectivity index is 4.43. The van der Waals surface area contributed by atoms with Crippen molar-refractivity contribution in [2.75, 3.05) is 0 Å². The molecule has 0 aliphatic carbocycles. The van der Waals surface area contributed by atoms with Crippen molar-refractivity contribution >= 4 is 11.0 Å². The van der Waals surface area contributed by atoms with Crippen molar-refractivity contribution in [1.82, 2.24) is 0 Å². The zero-order chi connectivity index (χ0) is 10.9. The number of hydrogen-bond acceptors (Lipinski definition) is 1. The van der Waals surface area contributed by atoms with E-state index in [9.17, 15) is 17.4 Å². The quantitative estimate of drug-likeness (QED) is 0.745. The second kappa shape index (κ2) is 4.23. The van der Waals surface area contributed by atoms with E-state index in [0.717, 1.165) is 6.92 Å². The van der Waals surface area contributed by atoms with Crippen molar-refractivity contribution < 1.29 is 18.8 Å². The lowest BCUT2D eigenvalue weighted by atomic mass is 10.1. The average molecular weight is 204 g/mol. The Morgan fingerprint density at radius 2 is 2.00 bits per heavy atom. The monoisotopic (exact) mass is 204 g/mol. The van der Waals surface area contributed by atoms with Gasteiger partial charge in [-0.05, 0) is 13.3 Å². The molecule has 0 aliphatic rings. The fourth-order valence-corrected chi connectivity index (χ4v) is 1.04. The Labute approximate surface area is 73.3 Å². The van der Waals surface area contributed by atoms with Crippen LogP contribution in [-0.2, 0) is 11.0 Å². The summed E-state index contributed by atoms with van der Waals surface area (Å²) in [4.78, 5) is 0. The zero-order valence-electron chi connectivity index (χ0n) is 7.81. The maximum Gasteiger partial charge on any atom is 0.391 e. The van der Waals surface area contributed by atoms with Crippen molar-refractivity contribution in [3.05, 3.63) is 0 Å². The molecule has 0 aromatic heterocycles. The maximum absolute atomic E-state index is 12.1. The van der Waals surface area contributed by atoms with Gasteiger partial charge in [-0.1, -0.05) is 6.92 Å². The topological polar surface area (TPSA) is 43.1 Å². The summed E-state index contributed by atoms with van der Waals surface area (Å²) in [6.45, 7) is 2.07. The second-order valence-electron chi connectivity index (χ2n) is 2.62. The van der Waals surface area contributed by atoms with Gasteiger partial charge in [-0.25, -0.2) is 4.21 Å². The lowest BCUT2D eigenvalue weighted by molar-refractivity contribution is -0.170. The van der Waals surface area contributed by atoms with Crippen LogP contribution < -0.4 is 5.14 Å².